The van der Waals surface area contributed by atoms with Gasteiger partial charge in [0.2, 0.25) is 0 Å². The van der Waals surface area contributed by atoms with Gasteiger partial charge < -0.3 is 14.4 Å². The van der Waals surface area contributed by atoms with Crippen LogP contribution >= 0.6 is 0 Å². The molecular formula is C60H35N5O2. The lowest BCUT2D eigenvalue weighted by Gasteiger charge is -2.49. The van der Waals surface area contributed by atoms with Crippen molar-refractivity contribution in [3.63, 3.8) is 0 Å². The zero-order chi connectivity index (χ0) is 44.3. The number of fused-ring (bicyclic) bond motifs is 17. The van der Waals surface area contributed by atoms with Crippen molar-refractivity contribution in [3.05, 3.63) is 263 Å². The van der Waals surface area contributed by atoms with E-state index in [4.69, 9.17) is 19.4 Å². The molecule has 0 amide bonds. The van der Waals surface area contributed by atoms with E-state index in [1.807, 2.05) is 67.0 Å². The average Bonchev–Trinajstić information content (AvgIpc) is 3.69. The Morgan fingerprint density at radius 3 is 1.54 bits per heavy atom. The first-order valence-electron chi connectivity index (χ1n) is 22.4. The monoisotopic (exact) mass is 857 g/mol. The van der Waals surface area contributed by atoms with Crippen LogP contribution in [0.4, 0.5) is 17.1 Å². The van der Waals surface area contributed by atoms with E-state index in [9.17, 15) is 5.26 Å². The summed E-state index contributed by atoms with van der Waals surface area (Å²) < 4.78 is 14.4. The molecule has 3 aromatic heterocycles. The van der Waals surface area contributed by atoms with Crippen LogP contribution in [0.2, 0.25) is 0 Å². The van der Waals surface area contributed by atoms with Crippen LogP contribution in [0.5, 0.6) is 23.0 Å². The van der Waals surface area contributed by atoms with Gasteiger partial charge in [-0.2, -0.15) is 5.26 Å². The number of rotatable bonds is 3. The molecule has 3 aliphatic heterocycles. The molecule has 14 rings (SSSR count). The standard InChI is InChI=1S/C60H35N5O2/c61-35-41-38(37-15-12-32-62-36-37)16-9-17-39(41)40-18-10-23-48-57(40)67-58-49(60(48)46-25-13-33-63-55(46)56-47(60)26-14-34-64-56)24-11-29-52(58)65-50-27-5-1-19-42(50)59(43-20-2-6-28-51(43)65)44-21-3-7-30-53(44)66-54-31-8-4-22-45(54)59/h1-34,36H. The number of hydrogen-bond donors (Lipinski definition) is 0. The van der Waals surface area contributed by atoms with Crippen LogP contribution in [0.1, 0.15) is 50.1 Å². The van der Waals surface area contributed by atoms with Gasteiger partial charge in [-0.05, 0) is 70.8 Å². The van der Waals surface area contributed by atoms with E-state index in [-0.39, 0.29) is 0 Å². The third kappa shape index (κ3) is 4.80. The van der Waals surface area contributed by atoms with Gasteiger partial charge in [0, 0.05) is 69.3 Å². The number of benzene rings is 7. The molecule has 0 unspecified atom stereocenters. The summed E-state index contributed by atoms with van der Waals surface area (Å²) in [6.07, 6.45) is 7.24. The molecule has 2 spiro atoms. The molecule has 67 heavy (non-hydrogen) atoms. The van der Waals surface area contributed by atoms with Crippen molar-refractivity contribution in [3.8, 4) is 62.7 Å². The van der Waals surface area contributed by atoms with Crippen molar-refractivity contribution in [2.45, 2.75) is 10.8 Å². The summed E-state index contributed by atoms with van der Waals surface area (Å²) in [5.74, 6) is 3.02. The highest BCUT2D eigenvalue weighted by Crippen LogP contribution is 2.67. The Hall–Kier alpha value is -9.12. The Kier molecular flexibility index (Phi) is 7.75. The number of hydrogen-bond acceptors (Lipinski definition) is 7. The largest absolute Gasteiger partial charge is 0.457 e. The van der Waals surface area contributed by atoms with Gasteiger partial charge in [0.05, 0.1) is 44.8 Å². The van der Waals surface area contributed by atoms with Crippen molar-refractivity contribution in [1.82, 2.24) is 15.0 Å². The summed E-state index contributed by atoms with van der Waals surface area (Å²) in [6.45, 7) is 0. The van der Waals surface area contributed by atoms with Gasteiger partial charge in [0.1, 0.15) is 23.3 Å². The van der Waals surface area contributed by atoms with Crippen molar-refractivity contribution < 1.29 is 9.47 Å². The maximum Gasteiger partial charge on any atom is 0.156 e. The van der Waals surface area contributed by atoms with Crippen LogP contribution in [-0.4, -0.2) is 15.0 Å². The fourth-order valence-electron chi connectivity index (χ4n) is 11.8. The quantitative estimate of drug-likeness (QED) is 0.175. The minimum absolute atomic E-state index is 0.539. The molecule has 0 radical (unpaired) electrons. The van der Waals surface area contributed by atoms with Gasteiger partial charge >= 0.3 is 0 Å². The van der Waals surface area contributed by atoms with Crippen molar-refractivity contribution >= 4 is 17.1 Å². The fourth-order valence-corrected chi connectivity index (χ4v) is 11.8. The highest BCUT2D eigenvalue weighted by Gasteiger charge is 2.55. The van der Waals surface area contributed by atoms with E-state index in [1.165, 1.54) is 0 Å². The Bertz CT molecular complexity index is 3620. The van der Waals surface area contributed by atoms with Gasteiger partial charge in [0.25, 0.3) is 0 Å². The molecular weight excluding hydrogens is 823 g/mol. The molecule has 6 heterocycles. The fraction of sp³-hybridized carbons (Fsp3) is 0.0333. The third-order valence-corrected chi connectivity index (χ3v) is 14.2. The molecule has 7 heteroatoms. The second kappa shape index (κ2) is 13.9. The highest BCUT2D eigenvalue weighted by molar-refractivity contribution is 5.96. The summed E-state index contributed by atoms with van der Waals surface area (Å²) in [5, 5.41) is 11.0. The third-order valence-electron chi connectivity index (χ3n) is 14.2. The van der Waals surface area contributed by atoms with Crippen LogP contribution in [0.3, 0.4) is 0 Å². The molecule has 4 aliphatic rings. The molecule has 0 atom stereocenters. The first-order valence-corrected chi connectivity index (χ1v) is 22.4. The lowest BCUT2D eigenvalue weighted by atomic mass is 9.61. The predicted octanol–water partition coefficient (Wildman–Crippen LogP) is 13.8. The van der Waals surface area contributed by atoms with Crippen molar-refractivity contribution in [2.24, 2.45) is 0 Å². The topological polar surface area (TPSA) is 84.2 Å². The normalized spacial score (nSPS) is 14.4. The lowest BCUT2D eigenvalue weighted by Crippen LogP contribution is -2.40. The van der Waals surface area contributed by atoms with Crippen molar-refractivity contribution in [1.29, 1.82) is 5.26 Å². The second-order valence-corrected chi connectivity index (χ2v) is 17.3. The number of ether oxygens (including phenoxy) is 2. The number of anilines is 3. The first-order chi connectivity index (χ1) is 33.2. The molecule has 7 nitrogen and oxygen atoms in total. The molecule has 7 aromatic carbocycles. The van der Waals surface area contributed by atoms with Crippen LogP contribution < -0.4 is 14.4 Å². The number of nitriles is 1. The zero-order valence-electron chi connectivity index (χ0n) is 35.8. The van der Waals surface area contributed by atoms with E-state index in [0.29, 0.717) is 17.1 Å². The summed E-state index contributed by atoms with van der Waals surface area (Å²) in [4.78, 5) is 16.8. The van der Waals surface area contributed by atoms with Crippen molar-refractivity contribution in [2.75, 3.05) is 4.90 Å². The number of nitrogens with zero attached hydrogens (tertiary/aromatic N) is 5. The molecule has 10 aromatic rings. The predicted molar refractivity (Wildman–Crippen MR) is 259 cm³/mol. The smallest absolute Gasteiger partial charge is 0.156 e. The van der Waals surface area contributed by atoms with Gasteiger partial charge in [-0.15, -0.1) is 0 Å². The number of para-hydroxylation sites is 6. The number of aromatic nitrogens is 3. The summed E-state index contributed by atoms with van der Waals surface area (Å²) >= 11 is 0. The van der Waals surface area contributed by atoms with Gasteiger partial charge in [-0.3, -0.25) is 15.0 Å². The maximum absolute atomic E-state index is 11.0. The van der Waals surface area contributed by atoms with Gasteiger partial charge in [-0.25, -0.2) is 0 Å². The molecule has 312 valence electrons. The molecule has 0 fully saturated rings. The van der Waals surface area contributed by atoms with Gasteiger partial charge in [0.15, 0.2) is 5.75 Å². The minimum atomic E-state index is -0.898. The SMILES string of the molecule is N#Cc1c(-c2cccnc2)cccc1-c1cccc2c1Oc1c(N3c4ccccc4C4(c5ccccc5Oc5ccccc54)c4ccccc43)cccc1C21c2cccnc2-c2ncccc21. The van der Waals surface area contributed by atoms with E-state index >= 15 is 0 Å². The Morgan fingerprint density at radius 1 is 0.403 bits per heavy atom. The van der Waals surface area contributed by atoms with Crippen LogP contribution in [0.15, 0.2) is 213 Å². The van der Waals surface area contributed by atoms with E-state index in [0.717, 1.165) is 107 Å². The van der Waals surface area contributed by atoms with Gasteiger partial charge in [-0.1, -0.05) is 140 Å². The zero-order valence-corrected chi connectivity index (χ0v) is 35.8. The first kappa shape index (κ1) is 37.3. The van der Waals surface area contributed by atoms with E-state index < -0.39 is 10.8 Å². The summed E-state index contributed by atoms with van der Waals surface area (Å²) in [6, 6.07) is 68.1. The minimum Gasteiger partial charge on any atom is -0.457 e. The second-order valence-electron chi connectivity index (χ2n) is 17.3. The molecule has 0 saturated heterocycles. The maximum atomic E-state index is 11.0. The summed E-state index contributed by atoms with van der Waals surface area (Å²) in [7, 11) is 0. The van der Waals surface area contributed by atoms with E-state index in [2.05, 4.69) is 149 Å². The number of pyridine rings is 3. The lowest BCUT2D eigenvalue weighted by molar-refractivity contribution is 0.433. The molecule has 0 saturated carbocycles. The Labute approximate surface area is 386 Å². The van der Waals surface area contributed by atoms with Crippen LogP contribution in [0, 0.1) is 11.3 Å². The van der Waals surface area contributed by atoms with Crippen LogP contribution in [-0.2, 0) is 10.8 Å². The average molecular weight is 858 g/mol. The van der Waals surface area contributed by atoms with Crippen LogP contribution in [0.25, 0.3) is 33.6 Å². The van der Waals surface area contributed by atoms with E-state index in [1.54, 1.807) is 12.4 Å². The Morgan fingerprint density at radius 2 is 0.896 bits per heavy atom. The molecule has 0 N–H and O–H groups in total. The molecule has 0 bridgehead atoms. The summed E-state index contributed by atoms with van der Waals surface area (Å²) in [5.41, 5.74) is 15.1. The Balaban J connectivity index is 1.08. The molecule has 1 aliphatic carbocycles. The highest BCUT2D eigenvalue weighted by atomic mass is 16.5.